The number of amides is 1. The summed E-state index contributed by atoms with van der Waals surface area (Å²) in [5, 5.41) is 13.2. The molecule has 0 atom stereocenters. The van der Waals surface area contributed by atoms with Crippen LogP contribution in [0.3, 0.4) is 0 Å². The summed E-state index contributed by atoms with van der Waals surface area (Å²) >= 11 is 6.25. The molecule has 8 heteroatoms. The number of methoxy groups -OCH3 is 1. The lowest BCUT2D eigenvalue weighted by atomic mass is 10.1. The van der Waals surface area contributed by atoms with Crippen LogP contribution in [0, 0.1) is 0 Å². The average molecular weight is 425 g/mol. The number of ether oxygens (including phenoxy) is 1. The zero-order valence-electron chi connectivity index (χ0n) is 16.6. The van der Waals surface area contributed by atoms with E-state index in [0.29, 0.717) is 46.4 Å². The molecule has 1 aliphatic rings. The van der Waals surface area contributed by atoms with Crippen molar-refractivity contribution in [3.63, 3.8) is 0 Å². The molecule has 0 radical (unpaired) electrons. The summed E-state index contributed by atoms with van der Waals surface area (Å²) in [7, 11) is 3.30. The number of anilines is 2. The smallest absolute Gasteiger partial charge is 0.257 e. The Morgan fingerprint density at radius 1 is 1.23 bits per heavy atom. The van der Waals surface area contributed by atoms with Gasteiger partial charge >= 0.3 is 0 Å². The first-order chi connectivity index (χ1) is 14.5. The molecular formula is C22H21ClN4O3. The topological polar surface area (TPSA) is 87.6 Å². The molecule has 0 saturated heterocycles. The Labute approximate surface area is 179 Å². The maximum Gasteiger partial charge on any atom is 0.257 e. The number of carbonyl (C=O) groups excluding carboxylic acids is 1. The number of hydrogen-bond donors (Lipinski definition) is 2. The monoisotopic (exact) mass is 424 g/mol. The van der Waals surface area contributed by atoms with Crippen molar-refractivity contribution in [2.45, 2.75) is 19.6 Å². The van der Waals surface area contributed by atoms with Gasteiger partial charge in [-0.05, 0) is 35.9 Å². The maximum absolute atomic E-state index is 12.7. The minimum absolute atomic E-state index is 0.0478. The van der Waals surface area contributed by atoms with Crippen LogP contribution in [0.25, 0.3) is 0 Å². The minimum atomic E-state index is -0.0899. The fourth-order valence-corrected chi connectivity index (χ4v) is 3.81. The van der Waals surface area contributed by atoms with Crippen molar-refractivity contribution < 1.29 is 14.6 Å². The summed E-state index contributed by atoms with van der Waals surface area (Å²) in [4.78, 5) is 23.4. The number of hydrogen-bond acceptors (Lipinski definition) is 6. The van der Waals surface area contributed by atoms with Crippen molar-refractivity contribution in [2.75, 3.05) is 19.5 Å². The molecule has 1 aliphatic heterocycles. The SMILES string of the molecule is COc1c(Cl)cccc1Nc1cc(Cc2cc(CO)ccn2)nc2c1C(=O)N(C)C2. The van der Waals surface area contributed by atoms with Crippen LogP contribution in [0.4, 0.5) is 11.4 Å². The van der Waals surface area contributed by atoms with Gasteiger partial charge in [-0.15, -0.1) is 0 Å². The van der Waals surface area contributed by atoms with Gasteiger partial charge in [0, 0.05) is 31.1 Å². The Balaban J connectivity index is 1.76. The standard InChI is InChI=1S/C22H21ClN4O3/c1-27-11-19-20(22(27)29)18(26-17-5-3-4-16(23)21(17)30-2)10-15(25-19)9-14-8-13(12-28)6-7-24-14/h3-8,10,28H,9,11-12H2,1-2H3,(H,25,26). The van der Waals surface area contributed by atoms with Crippen LogP contribution in [-0.4, -0.2) is 40.0 Å². The number of aromatic nitrogens is 2. The van der Waals surface area contributed by atoms with E-state index >= 15 is 0 Å². The molecule has 0 fully saturated rings. The van der Waals surface area contributed by atoms with Crippen LogP contribution in [0.2, 0.25) is 5.02 Å². The summed E-state index contributed by atoms with van der Waals surface area (Å²) in [6, 6.07) is 10.9. The van der Waals surface area contributed by atoms with Crippen molar-refractivity contribution in [1.29, 1.82) is 0 Å². The number of pyridine rings is 2. The Hall–Kier alpha value is -3.16. The highest BCUT2D eigenvalue weighted by molar-refractivity contribution is 6.32. The molecule has 1 amide bonds. The van der Waals surface area contributed by atoms with Crippen LogP contribution in [-0.2, 0) is 19.6 Å². The lowest BCUT2D eigenvalue weighted by molar-refractivity contribution is 0.0817. The summed E-state index contributed by atoms with van der Waals surface area (Å²) in [5.41, 5.74) is 4.90. The maximum atomic E-state index is 12.7. The predicted molar refractivity (Wildman–Crippen MR) is 114 cm³/mol. The Morgan fingerprint density at radius 3 is 2.83 bits per heavy atom. The third-order valence-electron chi connectivity index (χ3n) is 4.96. The van der Waals surface area contributed by atoms with Gasteiger partial charge in [-0.25, -0.2) is 0 Å². The molecule has 30 heavy (non-hydrogen) atoms. The van der Waals surface area contributed by atoms with Gasteiger partial charge in [0.05, 0.1) is 47.9 Å². The number of fused-ring (bicyclic) bond motifs is 1. The molecular weight excluding hydrogens is 404 g/mol. The molecule has 0 spiro atoms. The molecule has 2 N–H and O–H groups in total. The summed E-state index contributed by atoms with van der Waals surface area (Å²) in [6.45, 7) is 0.390. The first-order valence-electron chi connectivity index (χ1n) is 9.42. The van der Waals surface area contributed by atoms with Gasteiger partial charge in [-0.3, -0.25) is 14.8 Å². The van der Waals surface area contributed by atoms with E-state index in [1.807, 2.05) is 24.3 Å². The van der Waals surface area contributed by atoms with E-state index in [4.69, 9.17) is 21.3 Å². The molecule has 3 heterocycles. The van der Waals surface area contributed by atoms with E-state index in [9.17, 15) is 9.90 Å². The zero-order valence-corrected chi connectivity index (χ0v) is 17.4. The number of nitrogens with zero attached hydrogens (tertiary/aromatic N) is 3. The average Bonchev–Trinajstić information content (AvgIpc) is 3.02. The highest BCUT2D eigenvalue weighted by atomic mass is 35.5. The summed E-state index contributed by atoms with van der Waals surface area (Å²) < 4.78 is 5.43. The van der Waals surface area contributed by atoms with E-state index < -0.39 is 0 Å². The van der Waals surface area contributed by atoms with Crippen LogP contribution in [0.15, 0.2) is 42.6 Å². The number of carbonyl (C=O) groups is 1. The van der Waals surface area contributed by atoms with Crippen molar-refractivity contribution >= 4 is 28.9 Å². The summed E-state index contributed by atoms with van der Waals surface area (Å²) in [5.74, 6) is 0.412. The Bertz CT molecular complexity index is 1120. The van der Waals surface area contributed by atoms with Crippen molar-refractivity contribution in [2.24, 2.45) is 0 Å². The fraction of sp³-hybridized carbons (Fsp3) is 0.227. The molecule has 1 aromatic carbocycles. The van der Waals surface area contributed by atoms with Gasteiger partial charge in [0.25, 0.3) is 5.91 Å². The van der Waals surface area contributed by atoms with E-state index in [-0.39, 0.29) is 12.5 Å². The van der Waals surface area contributed by atoms with Gasteiger partial charge in [0.2, 0.25) is 0 Å². The minimum Gasteiger partial charge on any atom is -0.493 e. The van der Waals surface area contributed by atoms with Gasteiger partial charge in [0.15, 0.2) is 5.75 Å². The molecule has 154 valence electrons. The molecule has 0 bridgehead atoms. The Morgan fingerprint density at radius 2 is 2.07 bits per heavy atom. The van der Waals surface area contributed by atoms with Gasteiger partial charge in [0.1, 0.15) is 0 Å². The van der Waals surface area contributed by atoms with Crippen molar-refractivity contribution in [3.05, 3.63) is 75.8 Å². The Kier molecular flexibility index (Phi) is 5.57. The molecule has 0 aliphatic carbocycles. The van der Waals surface area contributed by atoms with Crippen LogP contribution >= 0.6 is 11.6 Å². The zero-order chi connectivity index (χ0) is 21.3. The van der Waals surface area contributed by atoms with Crippen molar-refractivity contribution in [3.8, 4) is 5.75 Å². The molecule has 0 saturated carbocycles. The van der Waals surface area contributed by atoms with Crippen LogP contribution in [0.5, 0.6) is 5.75 Å². The predicted octanol–water partition coefficient (Wildman–Crippen LogP) is 3.55. The summed E-state index contributed by atoms with van der Waals surface area (Å²) in [6.07, 6.45) is 2.14. The number of para-hydroxylation sites is 1. The number of rotatable bonds is 6. The van der Waals surface area contributed by atoms with Crippen LogP contribution in [0.1, 0.15) is 33.0 Å². The second-order valence-corrected chi connectivity index (χ2v) is 7.49. The number of nitrogens with one attached hydrogen (secondary N) is 1. The van der Waals surface area contributed by atoms with Gasteiger partial charge < -0.3 is 20.1 Å². The number of halogens is 1. The van der Waals surface area contributed by atoms with Gasteiger partial charge in [-0.1, -0.05) is 17.7 Å². The van der Waals surface area contributed by atoms with Crippen LogP contribution < -0.4 is 10.1 Å². The normalized spacial score (nSPS) is 12.8. The molecule has 7 nitrogen and oxygen atoms in total. The second-order valence-electron chi connectivity index (χ2n) is 7.08. The highest BCUT2D eigenvalue weighted by Crippen LogP contribution is 2.37. The largest absolute Gasteiger partial charge is 0.493 e. The molecule has 4 rings (SSSR count). The highest BCUT2D eigenvalue weighted by Gasteiger charge is 2.30. The van der Waals surface area contributed by atoms with E-state index in [1.165, 1.54) is 0 Å². The molecule has 0 unspecified atom stereocenters. The van der Waals surface area contributed by atoms with Gasteiger partial charge in [-0.2, -0.15) is 0 Å². The third-order valence-corrected chi connectivity index (χ3v) is 5.26. The number of benzene rings is 1. The molecule has 2 aromatic heterocycles. The first-order valence-corrected chi connectivity index (χ1v) is 9.80. The third kappa shape index (κ3) is 3.81. The van der Waals surface area contributed by atoms with Crippen molar-refractivity contribution in [1.82, 2.24) is 14.9 Å². The fourth-order valence-electron chi connectivity index (χ4n) is 3.55. The number of aliphatic hydroxyl groups excluding tert-OH is 1. The van der Waals surface area contributed by atoms with E-state index in [1.54, 1.807) is 37.4 Å². The van der Waals surface area contributed by atoms with E-state index in [0.717, 1.165) is 17.0 Å². The second kappa shape index (κ2) is 8.30. The number of aliphatic hydroxyl groups is 1. The first kappa shape index (κ1) is 20.1. The quantitative estimate of drug-likeness (QED) is 0.629. The molecule has 3 aromatic rings. The lowest BCUT2D eigenvalue weighted by Gasteiger charge is -2.15. The lowest BCUT2D eigenvalue weighted by Crippen LogP contribution is -2.18. The van der Waals surface area contributed by atoms with E-state index in [2.05, 4.69) is 10.3 Å².